The van der Waals surface area contributed by atoms with Gasteiger partial charge in [0.25, 0.3) is 5.91 Å². The van der Waals surface area contributed by atoms with Crippen LogP contribution in [-0.2, 0) is 9.53 Å². The normalized spacial score (nSPS) is 17.3. The number of carbonyl (C=O) groups is 1. The van der Waals surface area contributed by atoms with Gasteiger partial charge in [0.15, 0.2) is 12.3 Å². The Morgan fingerprint density at radius 2 is 2.13 bits per heavy atom. The summed E-state index contributed by atoms with van der Waals surface area (Å²) in [5.41, 5.74) is 2.02. The molecule has 2 aromatic rings. The van der Waals surface area contributed by atoms with Crippen molar-refractivity contribution in [2.45, 2.75) is 6.10 Å². The first-order valence-electron chi connectivity index (χ1n) is 7.35. The van der Waals surface area contributed by atoms with Gasteiger partial charge in [0, 0.05) is 6.20 Å². The number of hydrogen-bond donors (Lipinski definition) is 1. The van der Waals surface area contributed by atoms with E-state index in [1.54, 1.807) is 6.20 Å². The van der Waals surface area contributed by atoms with E-state index in [4.69, 9.17) is 10.00 Å². The number of benzene rings is 1. The van der Waals surface area contributed by atoms with E-state index in [1.165, 1.54) is 4.90 Å². The molecule has 116 valence electrons. The molecule has 1 aliphatic rings. The van der Waals surface area contributed by atoms with Gasteiger partial charge in [-0.1, -0.05) is 30.3 Å². The molecule has 1 aromatic carbocycles. The molecule has 6 nitrogen and oxygen atoms in total. The third kappa shape index (κ3) is 3.65. The average Bonchev–Trinajstić information content (AvgIpc) is 2.63. The molecule has 3 rings (SSSR count). The lowest BCUT2D eigenvalue weighted by atomic mass is 10.1. The van der Waals surface area contributed by atoms with E-state index in [9.17, 15) is 4.79 Å². The van der Waals surface area contributed by atoms with Gasteiger partial charge in [-0.25, -0.2) is 4.98 Å². The number of anilines is 1. The molecule has 0 spiro atoms. The zero-order valence-electron chi connectivity index (χ0n) is 12.5. The first-order chi connectivity index (χ1) is 11.3. The standard InChI is InChI=1S/C17H16N4O2/c18-12-21-8-9-23-15(11-21)17(22)20-16-10-14(6-7-19-16)13-4-2-1-3-5-13/h1-7,10,15H,8-9,11H2,(H,19,20,22)/t15-/m0/s1. The van der Waals surface area contributed by atoms with Gasteiger partial charge in [0.05, 0.1) is 19.7 Å². The van der Waals surface area contributed by atoms with Gasteiger partial charge in [-0.15, -0.1) is 0 Å². The maximum absolute atomic E-state index is 12.3. The molecule has 0 bridgehead atoms. The van der Waals surface area contributed by atoms with Crippen molar-refractivity contribution in [1.29, 1.82) is 5.26 Å². The number of ether oxygens (including phenoxy) is 1. The van der Waals surface area contributed by atoms with Gasteiger partial charge in [-0.2, -0.15) is 5.26 Å². The fourth-order valence-corrected chi connectivity index (χ4v) is 2.41. The summed E-state index contributed by atoms with van der Waals surface area (Å²) in [6.07, 6.45) is 3.03. The molecule has 1 amide bonds. The van der Waals surface area contributed by atoms with Crippen LogP contribution in [0.4, 0.5) is 5.82 Å². The van der Waals surface area contributed by atoms with Crippen LogP contribution in [0, 0.1) is 11.5 Å². The second-order valence-corrected chi connectivity index (χ2v) is 5.19. The molecule has 2 heterocycles. The number of aromatic nitrogens is 1. The van der Waals surface area contributed by atoms with Crippen molar-refractivity contribution in [1.82, 2.24) is 9.88 Å². The third-order valence-corrected chi connectivity index (χ3v) is 3.62. The highest BCUT2D eigenvalue weighted by Crippen LogP contribution is 2.21. The van der Waals surface area contributed by atoms with Gasteiger partial charge in [0.1, 0.15) is 5.82 Å². The number of carbonyl (C=O) groups excluding carboxylic acids is 1. The molecule has 0 radical (unpaired) electrons. The number of pyridine rings is 1. The smallest absolute Gasteiger partial charge is 0.256 e. The van der Waals surface area contributed by atoms with Crippen LogP contribution in [0.2, 0.25) is 0 Å². The van der Waals surface area contributed by atoms with Gasteiger partial charge in [0.2, 0.25) is 0 Å². The Kier molecular flexibility index (Phi) is 4.50. The second-order valence-electron chi connectivity index (χ2n) is 5.19. The van der Waals surface area contributed by atoms with Crippen LogP contribution in [0.3, 0.4) is 0 Å². The molecule has 0 aliphatic carbocycles. The van der Waals surface area contributed by atoms with Gasteiger partial charge < -0.3 is 15.0 Å². The first-order valence-corrected chi connectivity index (χ1v) is 7.35. The van der Waals surface area contributed by atoms with Crippen molar-refractivity contribution in [2.24, 2.45) is 0 Å². The molecule has 1 aromatic heterocycles. The average molecular weight is 308 g/mol. The Bertz CT molecular complexity index is 727. The number of hydrogen-bond acceptors (Lipinski definition) is 5. The van der Waals surface area contributed by atoms with Crippen molar-refractivity contribution in [3.8, 4) is 17.3 Å². The largest absolute Gasteiger partial charge is 0.365 e. The highest BCUT2D eigenvalue weighted by atomic mass is 16.5. The Balaban J connectivity index is 1.71. The van der Waals surface area contributed by atoms with Gasteiger partial charge in [-0.3, -0.25) is 4.79 Å². The number of nitriles is 1. The maximum atomic E-state index is 12.3. The van der Waals surface area contributed by atoms with Crippen molar-refractivity contribution in [2.75, 3.05) is 25.0 Å². The monoisotopic (exact) mass is 308 g/mol. The minimum absolute atomic E-state index is 0.265. The topological polar surface area (TPSA) is 78.2 Å². The zero-order valence-corrected chi connectivity index (χ0v) is 12.5. The summed E-state index contributed by atoms with van der Waals surface area (Å²) in [6, 6.07) is 13.6. The predicted octanol–water partition coefficient (Wildman–Crippen LogP) is 1.87. The molecule has 6 heteroatoms. The molecule has 0 saturated carbocycles. The van der Waals surface area contributed by atoms with E-state index in [2.05, 4.69) is 10.3 Å². The molecular formula is C17H16N4O2. The van der Waals surface area contributed by atoms with Crippen LogP contribution in [0.15, 0.2) is 48.7 Å². The first kappa shape index (κ1) is 15.0. The molecular weight excluding hydrogens is 292 g/mol. The van der Waals surface area contributed by atoms with E-state index in [1.807, 2.05) is 48.7 Å². The van der Waals surface area contributed by atoms with Crippen LogP contribution in [-0.4, -0.2) is 41.6 Å². The van der Waals surface area contributed by atoms with Crippen LogP contribution < -0.4 is 5.32 Å². The lowest BCUT2D eigenvalue weighted by Crippen LogP contribution is -2.46. The Morgan fingerprint density at radius 1 is 1.30 bits per heavy atom. The predicted molar refractivity (Wildman–Crippen MR) is 85.2 cm³/mol. The summed E-state index contributed by atoms with van der Waals surface area (Å²) < 4.78 is 5.43. The summed E-state index contributed by atoms with van der Waals surface area (Å²) >= 11 is 0. The number of nitrogens with one attached hydrogen (secondary N) is 1. The van der Waals surface area contributed by atoms with E-state index in [0.717, 1.165) is 11.1 Å². The van der Waals surface area contributed by atoms with E-state index in [-0.39, 0.29) is 12.5 Å². The molecule has 23 heavy (non-hydrogen) atoms. The molecule has 0 unspecified atom stereocenters. The summed E-state index contributed by atoms with van der Waals surface area (Å²) in [7, 11) is 0. The molecule has 1 aliphatic heterocycles. The second kappa shape index (κ2) is 6.90. The number of morpholine rings is 1. The fraction of sp³-hybridized carbons (Fsp3) is 0.235. The van der Waals surface area contributed by atoms with Crippen LogP contribution >= 0.6 is 0 Å². The Hall–Kier alpha value is -2.91. The number of amides is 1. The molecule has 1 saturated heterocycles. The molecule has 1 N–H and O–H groups in total. The lowest BCUT2D eigenvalue weighted by Gasteiger charge is -2.28. The minimum Gasteiger partial charge on any atom is -0.365 e. The summed E-state index contributed by atoms with van der Waals surface area (Å²) in [5, 5.41) is 11.7. The van der Waals surface area contributed by atoms with Crippen molar-refractivity contribution < 1.29 is 9.53 Å². The minimum atomic E-state index is -0.661. The SMILES string of the molecule is N#CN1CCO[C@H](C(=O)Nc2cc(-c3ccccc3)ccn2)C1. The number of nitrogens with zero attached hydrogens (tertiary/aromatic N) is 3. The Morgan fingerprint density at radius 3 is 2.91 bits per heavy atom. The van der Waals surface area contributed by atoms with Crippen LogP contribution in [0.5, 0.6) is 0 Å². The summed E-state index contributed by atoms with van der Waals surface area (Å²) in [4.78, 5) is 18.0. The van der Waals surface area contributed by atoms with Crippen molar-refractivity contribution >= 4 is 11.7 Å². The van der Waals surface area contributed by atoms with Gasteiger partial charge >= 0.3 is 0 Å². The number of rotatable bonds is 3. The zero-order chi connectivity index (χ0) is 16.1. The fourth-order valence-electron chi connectivity index (χ4n) is 2.41. The van der Waals surface area contributed by atoms with Crippen LogP contribution in [0.25, 0.3) is 11.1 Å². The molecule has 1 atom stereocenters. The quantitative estimate of drug-likeness (QED) is 0.876. The third-order valence-electron chi connectivity index (χ3n) is 3.62. The highest BCUT2D eigenvalue weighted by molar-refractivity contribution is 5.94. The van der Waals surface area contributed by atoms with E-state index < -0.39 is 6.10 Å². The molecule has 1 fully saturated rings. The summed E-state index contributed by atoms with van der Waals surface area (Å²) in [5.74, 6) is 0.177. The van der Waals surface area contributed by atoms with E-state index in [0.29, 0.717) is 19.0 Å². The summed E-state index contributed by atoms with van der Waals surface area (Å²) in [6.45, 7) is 1.14. The lowest BCUT2D eigenvalue weighted by molar-refractivity contribution is -0.131. The van der Waals surface area contributed by atoms with Crippen LogP contribution in [0.1, 0.15) is 0 Å². The van der Waals surface area contributed by atoms with Gasteiger partial charge in [-0.05, 0) is 23.3 Å². The van der Waals surface area contributed by atoms with Crippen molar-refractivity contribution in [3.63, 3.8) is 0 Å². The highest BCUT2D eigenvalue weighted by Gasteiger charge is 2.26. The maximum Gasteiger partial charge on any atom is 0.256 e. The van der Waals surface area contributed by atoms with Crippen molar-refractivity contribution in [3.05, 3.63) is 48.7 Å². The van der Waals surface area contributed by atoms with E-state index >= 15 is 0 Å². The Labute approximate surface area is 134 Å².